The summed E-state index contributed by atoms with van der Waals surface area (Å²) in [6, 6.07) is 23.3. The number of anilines is 2. The molecule has 0 aromatic heterocycles. The predicted molar refractivity (Wildman–Crippen MR) is 139 cm³/mol. The minimum absolute atomic E-state index is 0.0183. The molecule has 2 amide bonds. The average Bonchev–Trinajstić information content (AvgIpc) is 2.85. The molecule has 176 valence electrons. The second-order valence-electron chi connectivity index (χ2n) is 8.78. The van der Waals surface area contributed by atoms with Crippen molar-refractivity contribution >= 4 is 35.0 Å². The Morgan fingerprint density at radius 2 is 1.71 bits per heavy atom. The zero-order valence-electron chi connectivity index (χ0n) is 19.8. The van der Waals surface area contributed by atoms with Gasteiger partial charge in [-0.1, -0.05) is 43.3 Å². The molecule has 0 radical (unpaired) electrons. The lowest BCUT2D eigenvalue weighted by molar-refractivity contribution is -0.123. The van der Waals surface area contributed by atoms with E-state index in [2.05, 4.69) is 24.4 Å². The Morgan fingerprint density at radius 1 is 1.00 bits per heavy atom. The van der Waals surface area contributed by atoms with Gasteiger partial charge in [-0.25, -0.2) is 0 Å². The third kappa shape index (κ3) is 5.28. The van der Waals surface area contributed by atoms with Gasteiger partial charge in [0.2, 0.25) is 11.8 Å². The molecule has 0 aliphatic carbocycles. The minimum atomic E-state index is -0.731. The highest BCUT2D eigenvalue weighted by Gasteiger charge is 2.36. The van der Waals surface area contributed by atoms with Crippen LogP contribution >= 0.6 is 11.8 Å². The van der Waals surface area contributed by atoms with Gasteiger partial charge < -0.3 is 15.0 Å². The van der Waals surface area contributed by atoms with E-state index in [1.807, 2.05) is 74.5 Å². The summed E-state index contributed by atoms with van der Waals surface area (Å²) < 4.78 is 5.70. The lowest BCUT2D eigenvalue weighted by Gasteiger charge is -2.35. The van der Waals surface area contributed by atoms with E-state index < -0.39 is 5.41 Å². The molecule has 3 aromatic rings. The molecule has 6 heteroatoms. The van der Waals surface area contributed by atoms with Crippen LogP contribution in [0.3, 0.4) is 0 Å². The van der Waals surface area contributed by atoms with Gasteiger partial charge in [-0.3, -0.25) is 9.59 Å². The molecular weight excluding hydrogens is 444 g/mol. The highest BCUT2D eigenvalue weighted by molar-refractivity contribution is 7.99. The number of hydrogen-bond acceptors (Lipinski definition) is 4. The number of para-hydroxylation sites is 2. The fourth-order valence-corrected chi connectivity index (χ4v) is 4.73. The van der Waals surface area contributed by atoms with Crippen LogP contribution in [-0.4, -0.2) is 30.7 Å². The van der Waals surface area contributed by atoms with Gasteiger partial charge in [-0.2, -0.15) is 0 Å². The van der Waals surface area contributed by atoms with Crippen molar-refractivity contribution in [2.24, 2.45) is 0 Å². The van der Waals surface area contributed by atoms with Crippen LogP contribution in [-0.2, 0) is 21.4 Å². The first-order valence-electron chi connectivity index (χ1n) is 11.5. The summed E-state index contributed by atoms with van der Waals surface area (Å²) in [7, 11) is 0. The third-order valence-electron chi connectivity index (χ3n) is 6.00. The normalized spacial score (nSPS) is 13.1. The first-order valence-corrected chi connectivity index (χ1v) is 12.5. The maximum Gasteiger partial charge on any atom is 0.237 e. The number of fused-ring (bicyclic) bond motifs is 1. The molecule has 1 aliphatic rings. The largest absolute Gasteiger partial charge is 0.490 e. The summed E-state index contributed by atoms with van der Waals surface area (Å²) in [6.07, 6.45) is 0.319. The molecule has 4 rings (SSSR count). The van der Waals surface area contributed by atoms with Crippen LogP contribution in [0.2, 0.25) is 0 Å². The molecule has 0 atom stereocenters. The SMILES string of the molecule is CCSc1ccc(CC(=O)Nc2ccc(C(C)(C)C(=O)N3CCOc4ccccc43)cc2)cc1. The van der Waals surface area contributed by atoms with Gasteiger partial charge in [-0.05, 0) is 67.1 Å². The maximum atomic E-state index is 13.5. The van der Waals surface area contributed by atoms with Crippen molar-refractivity contribution < 1.29 is 14.3 Å². The lowest BCUT2D eigenvalue weighted by atomic mass is 9.82. The Kier molecular flexibility index (Phi) is 7.27. The summed E-state index contributed by atoms with van der Waals surface area (Å²) >= 11 is 1.78. The Morgan fingerprint density at radius 3 is 2.41 bits per heavy atom. The molecule has 1 heterocycles. The molecule has 0 fully saturated rings. The molecule has 0 unspecified atom stereocenters. The highest BCUT2D eigenvalue weighted by atomic mass is 32.2. The number of thioether (sulfide) groups is 1. The molecule has 34 heavy (non-hydrogen) atoms. The second-order valence-corrected chi connectivity index (χ2v) is 10.1. The van der Waals surface area contributed by atoms with Crippen LogP contribution in [0.5, 0.6) is 5.75 Å². The smallest absolute Gasteiger partial charge is 0.237 e. The van der Waals surface area contributed by atoms with E-state index in [-0.39, 0.29) is 11.8 Å². The first kappa shape index (κ1) is 23.9. The number of carbonyl (C=O) groups excluding carboxylic acids is 2. The van der Waals surface area contributed by atoms with Crippen molar-refractivity contribution in [1.82, 2.24) is 0 Å². The van der Waals surface area contributed by atoms with E-state index in [0.717, 1.165) is 28.3 Å². The topological polar surface area (TPSA) is 58.6 Å². The van der Waals surface area contributed by atoms with E-state index in [9.17, 15) is 9.59 Å². The summed E-state index contributed by atoms with van der Waals surface area (Å²) in [4.78, 5) is 29.0. The molecule has 3 aromatic carbocycles. The van der Waals surface area contributed by atoms with E-state index in [4.69, 9.17) is 4.74 Å². The second kappa shape index (κ2) is 10.3. The average molecular weight is 475 g/mol. The fourth-order valence-electron chi connectivity index (χ4n) is 4.07. The number of nitrogens with one attached hydrogen (secondary N) is 1. The fraction of sp³-hybridized carbons (Fsp3) is 0.286. The molecule has 0 spiro atoms. The molecule has 1 N–H and O–H groups in total. The van der Waals surface area contributed by atoms with Crippen LogP contribution in [0, 0.1) is 0 Å². The first-order chi connectivity index (χ1) is 16.4. The number of amides is 2. The number of ether oxygens (including phenoxy) is 1. The highest BCUT2D eigenvalue weighted by Crippen LogP contribution is 2.35. The van der Waals surface area contributed by atoms with E-state index in [1.54, 1.807) is 16.7 Å². The van der Waals surface area contributed by atoms with Crippen molar-refractivity contribution in [1.29, 1.82) is 0 Å². The third-order valence-corrected chi connectivity index (χ3v) is 6.89. The standard InChI is InChI=1S/C28H30N2O3S/c1-4-34-23-15-9-20(10-16-23)19-26(31)29-22-13-11-21(12-14-22)28(2,3)27(32)30-17-18-33-25-8-6-5-7-24(25)30/h5-16H,4,17-19H2,1-3H3,(H,29,31). The zero-order chi connectivity index (χ0) is 24.1. The van der Waals surface area contributed by atoms with Crippen LogP contribution < -0.4 is 15.0 Å². The van der Waals surface area contributed by atoms with Crippen molar-refractivity contribution in [3.05, 3.63) is 83.9 Å². The van der Waals surface area contributed by atoms with Gasteiger partial charge in [0.15, 0.2) is 0 Å². The van der Waals surface area contributed by atoms with E-state index in [1.165, 1.54) is 4.90 Å². The molecule has 0 saturated heterocycles. The zero-order valence-corrected chi connectivity index (χ0v) is 20.7. The van der Waals surface area contributed by atoms with Crippen LogP contribution in [0.4, 0.5) is 11.4 Å². The maximum absolute atomic E-state index is 13.5. The minimum Gasteiger partial charge on any atom is -0.490 e. The lowest BCUT2D eigenvalue weighted by Crippen LogP contribution is -2.47. The molecule has 5 nitrogen and oxygen atoms in total. The Hall–Kier alpha value is -3.25. The van der Waals surface area contributed by atoms with Gasteiger partial charge >= 0.3 is 0 Å². The number of benzene rings is 3. The van der Waals surface area contributed by atoms with Crippen molar-refractivity contribution in [2.75, 3.05) is 29.1 Å². The molecule has 0 saturated carbocycles. The number of rotatable bonds is 7. The van der Waals surface area contributed by atoms with Crippen LogP contribution in [0.25, 0.3) is 0 Å². The predicted octanol–water partition coefficient (Wildman–Crippen LogP) is 5.68. The molecular formula is C28H30N2O3S. The Bertz CT molecular complexity index is 1160. The Labute approximate surface area is 205 Å². The number of hydrogen-bond donors (Lipinski definition) is 1. The molecule has 1 aliphatic heterocycles. The van der Waals surface area contributed by atoms with E-state index >= 15 is 0 Å². The van der Waals surface area contributed by atoms with Crippen LogP contribution in [0.1, 0.15) is 31.9 Å². The van der Waals surface area contributed by atoms with Crippen LogP contribution in [0.15, 0.2) is 77.7 Å². The van der Waals surface area contributed by atoms with Gasteiger partial charge in [-0.15, -0.1) is 11.8 Å². The van der Waals surface area contributed by atoms with E-state index in [0.29, 0.717) is 25.3 Å². The van der Waals surface area contributed by atoms with Gasteiger partial charge in [0.05, 0.1) is 24.1 Å². The summed E-state index contributed by atoms with van der Waals surface area (Å²) in [6.45, 7) is 6.98. The van der Waals surface area contributed by atoms with Gasteiger partial charge in [0, 0.05) is 10.6 Å². The Balaban J connectivity index is 1.41. The van der Waals surface area contributed by atoms with Crippen molar-refractivity contribution in [3.8, 4) is 5.75 Å². The summed E-state index contributed by atoms with van der Waals surface area (Å²) in [5, 5.41) is 2.96. The quantitative estimate of drug-likeness (QED) is 0.448. The summed E-state index contributed by atoms with van der Waals surface area (Å²) in [5.74, 6) is 1.71. The summed E-state index contributed by atoms with van der Waals surface area (Å²) in [5.41, 5.74) is 2.66. The molecule has 0 bridgehead atoms. The number of nitrogens with zero attached hydrogens (tertiary/aromatic N) is 1. The van der Waals surface area contributed by atoms with Crippen molar-refractivity contribution in [3.63, 3.8) is 0 Å². The monoisotopic (exact) mass is 474 g/mol. The van der Waals surface area contributed by atoms with Gasteiger partial charge in [0.25, 0.3) is 0 Å². The van der Waals surface area contributed by atoms with Crippen molar-refractivity contribution in [2.45, 2.75) is 37.5 Å². The van der Waals surface area contributed by atoms with Gasteiger partial charge in [0.1, 0.15) is 12.4 Å². The number of carbonyl (C=O) groups is 2.